The molecule has 1 rings (SSSR count). The van der Waals surface area contributed by atoms with Crippen molar-refractivity contribution in [2.45, 2.75) is 133 Å². The lowest BCUT2D eigenvalue weighted by Gasteiger charge is -2.28. The van der Waals surface area contributed by atoms with Crippen molar-refractivity contribution in [3.05, 3.63) is 35.9 Å². The largest absolute Gasteiger partial charge is 0.480 e. The van der Waals surface area contributed by atoms with Gasteiger partial charge in [0.1, 0.15) is 36.3 Å². The summed E-state index contributed by atoms with van der Waals surface area (Å²) in [5, 5.41) is 34.9. The molecule has 6 amide bonds. The van der Waals surface area contributed by atoms with E-state index in [1.165, 1.54) is 25.6 Å². The smallest absolute Gasteiger partial charge is 0.326 e. The van der Waals surface area contributed by atoms with E-state index in [4.69, 9.17) is 11.5 Å². The molecule has 0 aliphatic rings. The molecule has 1 aromatic carbocycles. The number of aliphatic hydroxyl groups excluding tert-OH is 1. The molecule has 0 saturated carbocycles. The Morgan fingerprint density at radius 1 is 0.655 bits per heavy atom. The van der Waals surface area contributed by atoms with E-state index >= 15 is 0 Å². The molecule has 0 bridgehead atoms. The molecule has 328 valence electrons. The van der Waals surface area contributed by atoms with E-state index in [0.717, 1.165) is 5.56 Å². The number of aliphatic carboxylic acids is 1. The molecule has 0 fully saturated rings. The molecule has 0 heterocycles. The van der Waals surface area contributed by atoms with Crippen LogP contribution in [-0.2, 0) is 40.0 Å². The standard InChI is InChI=1S/C39H66N8O9S2/c1-23(2)21-30(39(55)56)46-36(52)29(17-20-58-5)43-35(51)28(16-10-12-19-41)45-38(54)32(25(4)48)47-33(49)24(3)42-34(50)27(15-9-11-18-40)44-37(53)31(57)22-26-13-7-6-8-14-26/h6-8,13-14,23-25,27-32,48,57H,9-12,15-22,40-41H2,1-5H3,(H,42,50)(H,43,51)(H,44,53)(H,45,54)(H,46,52)(H,47,49)(H,55,56)/t24-,25+,27-,28-,29-,30-,31-,32-/m0/s1. The van der Waals surface area contributed by atoms with Crippen molar-refractivity contribution in [2.75, 3.05) is 25.1 Å². The van der Waals surface area contributed by atoms with Crippen molar-refractivity contribution >= 4 is 65.8 Å². The number of carbonyl (C=O) groups excluding carboxylic acids is 6. The average Bonchev–Trinajstić information content (AvgIpc) is 3.17. The number of thioether (sulfide) groups is 1. The number of benzene rings is 1. The van der Waals surface area contributed by atoms with Crippen molar-refractivity contribution in [1.82, 2.24) is 31.9 Å². The molecule has 58 heavy (non-hydrogen) atoms. The summed E-state index contributed by atoms with van der Waals surface area (Å²) in [5.74, 6) is -5.06. The van der Waals surface area contributed by atoms with Gasteiger partial charge in [0.05, 0.1) is 11.4 Å². The molecule has 0 unspecified atom stereocenters. The van der Waals surface area contributed by atoms with E-state index < -0.39 is 89.0 Å². The fraction of sp³-hybridized carbons (Fsp3) is 0.667. The van der Waals surface area contributed by atoms with Gasteiger partial charge in [0.25, 0.3) is 0 Å². The maximum absolute atomic E-state index is 13.7. The Morgan fingerprint density at radius 3 is 1.62 bits per heavy atom. The quantitative estimate of drug-likeness (QED) is 0.0375. The van der Waals surface area contributed by atoms with Gasteiger partial charge >= 0.3 is 5.97 Å². The lowest BCUT2D eigenvalue weighted by molar-refractivity contribution is -0.143. The normalized spacial score (nSPS) is 15.3. The first-order valence-corrected chi connectivity index (χ1v) is 21.7. The Balaban J connectivity index is 3.11. The highest BCUT2D eigenvalue weighted by atomic mass is 32.2. The molecule has 1 aromatic rings. The number of aliphatic hydroxyl groups is 1. The number of carboxylic acids is 1. The summed E-state index contributed by atoms with van der Waals surface area (Å²) in [4.78, 5) is 92.2. The highest BCUT2D eigenvalue weighted by Crippen LogP contribution is 2.12. The molecule has 0 aromatic heterocycles. The topological polar surface area (TPSA) is 284 Å². The predicted molar refractivity (Wildman–Crippen MR) is 228 cm³/mol. The number of nitrogens with one attached hydrogen (secondary N) is 6. The molecule has 0 spiro atoms. The average molecular weight is 855 g/mol. The highest BCUT2D eigenvalue weighted by molar-refractivity contribution is 7.98. The van der Waals surface area contributed by atoms with Crippen molar-refractivity contribution < 1.29 is 43.8 Å². The molecule has 19 heteroatoms. The van der Waals surface area contributed by atoms with E-state index in [1.807, 2.05) is 50.4 Å². The number of nitrogens with two attached hydrogens (primary N) is 2. The Morgan fingerprint density at radius 2 is 1.14 bits per heavy atom. The van der Waals surface area contributed by atoms with Crippen LogP contribution in [0.15, 0.2) is 30.3 Å². The van der Waals surface area contributed by atoms with Gasteiger partial charge in [0, 0.05) is 0 Å². The van der Waals surface area contributed by atoms with Gasteiger partial charge in [0.2, 0.25) is 35.4 Å². The zero-order valence-corrected chi connectivity index (χ0v) is 36.0. The van der Waals surface area contributed by atoms with Gasteiger partial charge in [0.15, 0.2) is 0 Å². The number of unbranched alkanes of at least 4 members (excludes halogenated alkanes) is 2. The Bertz CT molecular complexity index is 1460. The molecule has 0 aliphatic heterocycles. The van der Waals surface area contributed by atoms with E-state index in [0.29, 0.717) is 50.9 Å². The van der Waals surface area contributed by atoms with Crippen LogP contribution in [0.2, 0.25) is 0 Å². The molecular formula is C39H66N8O9S2. The van der Waals surface area contributed by atoms with Crippen LogP contribution in [0.25, 0.3) is 0 Å². The van der Waals surface area contributed by atoms with Gasteiger partial charge in [-0.15, -0.1) is 0 Å². The zero-order valence-electron chi connectivity index (χ0n) is 34.3. The molecular weight excluding hydrogens is 789 g/mol. The second kappa shape index (κ2) is 28.5. The highest BCUT2D eigenvalue weighted by Gasteiger charge is 2.34. The van der Waals surface area contributed by atoms with Crippen LogP contribution in [-0.4, -0.2) is 124 Å². The molecule has 0 radical (unpaired) electrons. The number of hydrogen-bond donors (Lipinski definition) is 11. The number of amides is 6. The minimum absolute atomic E-state index is 0.0306. The predicted octanol–water partition coefficient (Wildman–Crippen LogP) is -0.0212. The molecule has 8 atom stereocenters. The second-order valence-electron chi connectivity index (χ2n) is 14.7. The lowest BCUT2D eigenvalue weighted by Crippen LogP contribution is -2.61. The summed E-state index contributed by atoms with van der Waals surface area (Å²) in [6.07, 6.45) is 3.39. The Labute approximate surface area is 351 Å². The van der Waals surface area contributed by atoms with Gasteiger partial charge in [-0.05, 0) is 108 Å². The fourth-order valence-electron chi connectivity index (χ4n) is 5.79. The van der Waals surface area contributed by atoms with E-state index in [-0.39, 0.29) is 31.6 Å². The maximum Gasteiger partial charge on any atom is 0.326 e. The van der Waals surface area contributed by atoms with Crippen molar-refractivity contribution in [3.8, 4) is 0 Å². The minimum atomic E-state index is -1.57. The van der Waals surface area contributed by atoms with Gasteiger partial charge < -0.3 is 53.6 Å². The Hall–Kier alpha value is -3.91. The number of thiol groups is 1. The van der Waals surface area contributed by atoms with Gasteiger partial charge in [-0.3, -0.25) is 28.8 Å². The first-order chi connectivity index (χ1) is 27.4. The van der Waals surface area contributed by atoms with Crippen LogP contribution >= 0.6 is 24.4 Å². The van der Waals surface area contributed by atoms with Crippen LogP contribution < -0.4 is 43.4 Å². The first kappa shape index (κ1) is 52.1. The van der Waals surface area contributed by atoms with Crippen LogP contribution in [0.5, 0.6) is 0 Å². The lowest BCUT2D eigenvalue weighted by atomic mass is 10.0. The van der Waals surface area contributed by atoms with E-state index in [9.17, 15) is 43.8 Å². The van der Waals surface area contributed by atoms with Gasteiger partial charge in [-0.2, -0.15) is 24.4 Å². The van der Waals surface area contributed by atoms with Crippen LogP contribution in [0.1, 0.15) is 84.6 Å². The number of carbonyl (C=O) groups is 7. The third kappa shape index (κ3) is 20.2. The third-order valence-electron chi connectivity index (χ3n) is 9.11. The summed E-state index contributed by atoms with van der Waals surface area (Å²) in [5.41, 5.74) is 12.2. The summed E-state index contributed by atoms with van der Waals surface area (Å²) in [6.45, 7) is 6.96. The number of hydrogen-bond acceptors (Lipinski definition) is 12. The first-order valence-electron chi connectivity index (χ1n) is 19.8. The SMILES string of the molecule is CSCC[C@H](NC(=O)[C@H](CCCCN)NC(=O)[C@@H](NC(=O)[C@H](C)NC(=O)[C@H](CCCCN)NC(=O)[C@@H](S)Cc1ccccc1)[C@@H](C)O)C(=O)N[C@@H](CC(C)C)C(=O)O. The number of rotatable bonds is 29. The summed E-state index contributed by atoms with van der Waals surface area (Å²) >= 11 is 5.86. The van der Waals surface area contributed by atoms with Crippen molar-refractivity contribution in [2.24, 2.45) is 17.4 Å². The van der Waals surface area contributed by atoms with E-state index in [1.54, 1.807) is 0 Å². The van der Waals surface area contributed by atoms with Gasteiger partial charge in [-0.25, -0.2) is 4.79 Å². The van der Waals surface area contributed by atoms with Crippen molar-refractivity contribution in [1.29, 1.82) is 0 Å². The maximum atomic E-state index is 13.7. The van der Waals surface area contributed by atoms with Crippen LogP contribution in [0.3, 0.4) is 0 Å². The van der Waals surface area contributed by atoms with Gasteiger partial charge in [-0.1, -0.05) is 44.2 Å². The summed E-state index contributed by atoms with van der Waals surface area (Å²) in [7, 11) is 0. The van der Waals surface area contributed by atoms with E-state index in [2.05, 4.69) is 44.5 Å². The Kier molecular flexibility index (Phi) is 25.6. The van der Waals surface area contributed by atoms with Crippen molar-refractivity contribution in [3.63, 3.8) is 0 Å². The molecule has 12 N–H and O–H groups in total. The van der Waals surface area contributed by atoms with Crippen LogP contribution in [0, 0.1) is 5.92 Å². The summed E-state index contributed by atoms with van der Waals surface area (Å²) < 4.78 is 0. The molecule has 0 saturated heterocycles. The second-order valence-corrected chi connectivity index (χ2v) is 16.3. The zero-order chi connectivity index (χ0) is 43.8. The monoisotopic (exact) mass is 854 g/mol. The third-order valence-corrected chi connectivity index (χ3v) is 10.2. The molecule has 17 nitrogen and oxygen atoms in total. The van der Waals surface area contributed by atoms with Crippen LogP contribution in [0.4, 0.5) is 0 Å². The fourth-order valence-corrected chi connectivity index (χ4v) is 6.54. The summed E-state index contributed by atoms with van der Waals surface area (Å²) in [6, 6.07) is 1.94. The molecule has 0 aliphatic carbocycles. The number of carboxylic acid groups (broad SMARTS) is 1. The minimum Gasteiger partial charge on any atom is -0.480 e.